The van der Waals surface area contributed by atoms with Crippen molar-refractivity contribution in [2.24, 2.45) is 0 Å². The Morgan fingerprint density at radius 2 is 1.19 bits per heavy atom. The van der Waals surface area contributed by atoms with Gasteiger partial charge in [0.1, 0.15) is 34.4 Å². The van der Waals surface area contributed by atoms with Crippen molar-refractivity contribution in [3.63, 3.8) is 0 Å². The zero-order valence-corrected chi connectivity index (χ0v) is 10.0. The average Bonchev–Trinajstić information content (AvgIpc) is 2.23. The van der Waals surface area contributed by atoms with E-state index in [1.54, 1.807) is 0 Å². The van der Waals surface area contributed by atoms with E-state index in [0.29, 0.717) is 12.1 Å². The van der Waals surface area contributed by atoms with E-state index in [1.165, 1.54) is 0 Å². The highest BCUT2D eigenvalue weighted by molar-refractivity contribution is 5.77. The van der Waals surface area contributed by atoms with Crippen LogP contribution in [0.3, 0.4) is 0 Å². The van der Waals surface area contributed by atoms with E-state index in [4.69, 9.17) is 5.11 Å². The van der Waals surface area contributed by atoms with Crippen LogP contribution in [-0.4, -0.2) is 15.3 Å². The van der Waals surface area contributed by atoms with Crippen LogP contribution in [0.15, 0.2) is 24.3 Å². The Kier molecular flexibility index (Phi) is 3.40. The molecule has 0 atom stereocenters. The molecule has 3 N–H and O–H groups in total. The largest absolute Gasteiger partial charge is 0.508 e. The summed E-state index contributed by atoms with van der Waals surface area (Å²) in [7, 11) is 0. The lowest BCUT2D eigenvalue weighted by molar-refractivity contribution is -0.142. The van der Waals surface area contributed by atoms with Crippen LogP contribution >= 0.6 is 0 Å². The molecule has 2 aromatic rings. The van der Waals surface area contributed by atoms with E-state index in [0.717, 1.165) is 12.1 Å². The molecule has 8 heteroatoms. The molecule has 0 aliphatic carbocycles. The first-order chi connectivity index (χ1) is 9.61. The summed E-state index contributed by atoms with van der Waals surface area (Å²) in [4.78, 5) is 0. The van der Waals surface area contributed by atoms with Gasteiger partial charge >= 0.3 is 6.18 Å². The number of rotatable bonds is 1. The maximum atomic E-state index is 13.5. The SMILES string of the molecule is Oc1cc(O)c(-c2cc(F)c(C(F)(F)F)c(F)c2)c(O)c1. The second kappa shape index (κ2) is 4.80. The Morgan fingerprint density at radius 3 is 1.57 bits per heavy atom. The van der Waals surface area contributed by atoms with Gasteiger partial charge < -0.3 is 15.3 Å². The van der Waals surface area contributed by atoms with Crippen molar-refractivity contribution < 1.29 is 37.3 Å². The predicted molar refractivity (Wildman–Crippen MR) is 61.8 cm³/mol. The van der Waals surface area contributed by atoms with Crippen molar-refractivity contribution in [2.75, 3.05) is 0 Å². The molecule has 0 aromatic heterocycles. The Bertz CT molecular complexity index is 663. The van der Waals surface area contributed by atoms with E-state index >= 15 is 0 Å². The molecule has 112 valence electrons. The van der Waals surface area contributed by atoms with Gasteiger partial charge in [0.25, 0.3) is 0 Å². The standard InChI is InChI=1S/C13H7F5O3/c14-7-1-5(2-8(15)12(7)13(16,17)18)11-9(20)3-6(19)4-10(11)21/h1-4,19-21H. The van der Waals surface area contributed by atoms with E-state index in [1.807, 2.05) is 0 Å². The van der Waals surface area contributed by atoms with Crippen LogP contribution in [0.4, 0.5) is 22.0 Å². The van der Waals surface area contributed by atoms with E-state index in [9.17, 15) is 32.2 Å². The number of benzene rings is 2. The van der Waals surface area contributed by atoms with Crippen LogP contribution in [0.5, 0.6) is 17.2 Å². The van der Waals surface area contributed by atoms with Crippen LogP contribution < -0.4 is 0 Å². The molecule has 0 aliphatic rings. The summed E-state index contributed by atoms with van der Waals surface area (Å²) in [5.74, 6) is -5.78. The van der Waals surface area contributed by atoms with Crippen molar-refractivity contribution in [1.29, 1.82) is 0 Å². The molecule has 0 spiro atoms. The zero-order chi connectivity index (χ0) is 15.9. The Hall–Kier alpha value is -2.51. The summed E-state index contributed by atoms with van der Waals surface area (Å²) >= 11 is 0. The number of phenolic OH excluding ortho intramolecular Hbond substituents is 3. The highest BCUT2D eigenvalue weighted by Gasteiger charge is 2.38. The lowest BCUT2D eigenvalue weighted by Gasteiger charge is -2.13. The van der Waals surface area contributed by atoms with Crippen LogP contribution in [0, 0.1) is 11.6 Å². The van der Waals surface area contributed by atoms with E-state index < -0.39 is 51.7 Å². The number of hydrogen-bond donors (Lipinski definition) is 3. The molecule has 21 heavy (non-hydrogen) atoms. The first-order valence-corrected chi connectivity index (χ1v) is 5.43. The molecule has 0 heterocycles. The normalized spacial score (nSPS) is 11.7. The van der Waals surface area contributed by atoms with Crippen molar-refractivity contribution in [2.45, 2.75) is 6.18 Å². The number of phenols is 3. The van der Waals surface area contributed by atoms with E-state index in [-0.39, 0.29) is 0 Å². The van der Waals surface area contributed by atoms with Gasteiger partial charge in [-0.05, 0) is 17.7 Å². The number of halogens is 5. The molecule has 0 bridgehead atoms. The summed E-state index contributed by atoms with van der Waals surface area (Å²) in [5, 5.41) is 28.2. The molecule has 3 nitrogen and oxygen atoms in total. The van der Waals surface area contributed by atoms with Crippen LogP contribution in [0.25, 0.3) is 11.1 Å². The second-order valence-corrected chi connectivity index (χ2v) is 4.17. The first-order valence-electron chi connectivity index (χ1n) is 5.43. The third-order valence-corrected chi connectivity index (χ3v) is 2.70. The summed E-state index contributed by atoms with van der Waals surface area (Å²) in [6.07, 6.45) is -5.22. The summed E-state index contributed by atoms with van der Waals surface area (Å²) in [5.41, 5.74) is -3.07. The van der Waals surface area contributed by atoms with Gasteiger partial charge in [-0.2, -0.15) is 13.2 Å². The molecule has 0 aliphatic heterocycles. The fourth-order valence-electron chi connectivity index (χ4n) is 1.88. The smallest absolute Gasteiger partial charge is 0.422 e. The van der Waals surface area contributed by atoms with Gasteiger partial charge in [-0.3, -0.25) is 0 Å². The lowest BCUT2D eigenvalue weighted by Crippen LogP contribution is -2.11. The molecular weight excluding hydrogens is 299 g/mol. The van der Waals surface area contributed by atoms with Gasteiger partial charge in [0, 0.05) is 12.1 Å². The molecule has 0 amide bonds. The number of hydrogen-bond acceptors (Lipinski definition) is 3. The Morgan fingerprint density at radius 1 is 0.762 bits per heavy atom. The van der Waals surface area contributed by atoms with Gasteiger partial charge in [0.15, 0.2) is 0 Å². The molecule has 0 saturated carbocycles. The second-order valence-electron chi connectivity index (χ2n) is 4.17. The molecule has 2 rings (SSSR count). The van der Waals surface area contributed by atoms with Crippen LogP contribution in [0.1, 0.15) is 5.56 Å². The lowest BCUT2D eigenvalue weighted by atomic mass is 10.0. The van der Waals surface area contributed by atoms with Crippen molar-refractivity contribution in [3.05, 3.63) is 41.5 Å². The zero-order valence-electron chi connectivity index (χ0n) is 10.0. The average molecular weight is 306 g/mol. The Labute approximate surface area is 114 Å². The van der Waals surface area contributed by atoms with Gasteiger partial charge in [-0.1, -0.05) is 0 Å². The van der Waals surface area contributed by atoms with Gasteiger partial charge in [-0.15, -0.1) is 0 Å². The minimum absolute atomic E-state index is 0.331. The summed E-state index contributed by atoms with van der Waals surface area (Å²) in [6.45, 7) is 0. The molecule has 0 fully saturated rings. The molecule has 0 saturated heterocycles. The quantitative estimate of drug-likeness (QED) is 0.703. The topological polar surface area (TPSA) is 60.7 Å². The fraction of sp³-hybridized carbons (Fsp3) is 0.0769. The predicted octanol–water partition coefficient (Wildman–Crippen LogP) is 3.77. The Balaban J connectivity index is 2.69. The van der Waals surface area contributed by atoms with Crippen molar-refractivity contribution >= 4 is 0 Å². The maximum Gasteiger partial charge on any atom is 0.422 e. The minimum atomic E-state index is -5.22. The summed E-state index contributed by atoms with van der Waals surface area (Å²) in [6, 6.07) is 2.19. The van der Waals surface area contributed by atoms with Gasteiger partial charge in [0.2, 0.25) is 0 Å². The molecule has 0 radical (unpaired) electrons. The van der Waals surface area contributed by atoms with Crippen molar-refractivity contribution in [3.8, 4) is 28.4 Å². The number of alkyl halides is 3. The fourth-order valence-corrected chi connectivity index (χ4v) is 1.88. The molecule has 0 unspecified atom stereocenters. The van der Waals surface area contributed by atoms with Gasteiger partial charge in [-0.25, -0.2) is 8.78 Å². The third-order valence-electron chi connectivity index (χ3n) is 2.70. The van der Waals surface area contributed by atoms with Crippen LogP contribution in [-0.2, 0) is 6.18 Å². The summed E-state index contributed by atoms with van der Waals surface area (Å²) < 4.78 is 64.3. The third kappa shape index (κ3) is 2.69. The van der Waals surface area contributed by atoms with E-state index in [2.05, 4.69) is 0 Å². The highest BCUT2D eigenvalue weighted by atomic mass is 19.4. The monoisotopic (exact) mass is 306 g/mol. The highest BCUT2D eigenvalue weighted by Crippen LogP contribution is 2.42. The van der Waals surface area contributed by atoms with Crippen LogP contribution in [0.2, 0.25) is 0 Å². The molecule has 2 aromatic carbocycles. The maximum absolute atomic E-state index is 13.5. The van der Waals surface area contributed by atoms with Gasteiger partial charge in [0.05, 0.1) is 5.56 Å². The molecular formula is C13H7F5O3. The number of aromatic hydroxyl groups is 3. The van der Waals surface area contributed by atoms with Crippen molar-refractivity contribution in [1.82, 2.24) is 0 Å². The first kappa shape index (κ1) is 14.9. The minimum Gasteiger partial charge on any atom is -0.508 e.